The van der Waals surface area contributed by atoms with Crippen LogP contribution in [0.1, 0.15) is 34.1 Å². The van der Waals surface area contributed by atoms with Gasteiger partial charge in [-0.05, 0) is 27.7 Å². The molecule has 0 aliphatic carbocycles. The van der Waals surface area contributed by atoms with E-state index in [-0.39, 0.29) is 16.2 Å². The summed E-state index contributed by atoms with van der Waals surface area (Å²) in [7, 11) is 0. The SMILES string of the molecule is C=CN(C(=C)C)C1=C([N+](=O)[O-])C(C)=NC(C)(C)C1. The summed E-state index contributed by atoms with van der Waals surface area (Å²) in [6.45, 7) is 14.9. The van der Waals surface area contributed by atoms with E-state index in [2.05, 4.69) is 18.2 Å². The predicted molar refractivity (Wildman–Crippen MR) is 72.7 cm³/mol. The van der Waals surface area contributed by atoms with Gasteiger partial charge < -0.3 is 4.90 Å². The second-order valence-corrected chi connectivity index (χ2v) is 5.03. The van der Waals surface area contributed by atoms with Crippen LogP contribution in [0.25, 0.3) is 0 Å². The maximum absolute atomic E-state index is 11.2. The first-order valence-electron chi connectivity index (χ1n) is 5.71. The Kier molecular flexibility index (Phi) is 3.74. The summed E-state index contributed by atoms with van der Waals surface area (Å²) >= 11 is 0. The highest BCUT2D eigenvalue weighted by atomic mass is 16.6. The normalized spacial score (nSPS) is 18.1. The molecular weight excluding hydrogens is 230 g/mol. The Morgan fingerprint density at radius 3 is 2.56 bits per heavy atom. The number of hydrogen-bond acceptors (Lipinski definition) is 4. The van der Waals surface area contributed by atoms with Gasteiger partial charge in [0.25, 0.3) is 0 Å². The Morgan fingerprint density at radius 2 is 2.17 bits per heavy atom. The van der Waals surface area contributed by atoms with E-state index in [1.165, 1.54) is 0 Å². The van der Waals surface area contributed by atoms with Crippen molar-refractivity contribution in [2.75, 3.05) is 0 Å². The predicted octanol–water partition coefficient (Wildman–Crippen LogP) is 3.10. The summed E-state index contributed by atoms with van der Waals surface area (Å²) in [6.07, 6.45) is 2.04. The zero-order chi connectivity index (χ0) is 14.1. The second kappa shape index (κ2) is 4.76. The van der Waals surface area contributed by atoms with Crippen molar-refractivity contribution in [3.8, 4) is 0 Å². The van der Waals surface area contributed by atoms with E-state index in [1.54, 1.807) is 24.9 Å². The average molecular weight is 249 g/mol. The fourth-order valence-corrected chi connectivity index (χ4v) is 2.18. The minimum atomic E-state index is -0.386. The first kappa shape index (κ1) is 14.2. The lowest BCUT2D eigenvalue weighted by Crippen LogP contribution is -2.33. The van der Waals surface area contributed by atoms with Crippen LogP contribution in [0.4, 0.5) is 0 Å². The summed E-state index contributed by atoms with van der Waals surface area (Å²) in [5.41, 5.74) is 1.44. The molecular formula is C13H19N3O2. The standard InChI is InChI=1S/C13H19N3O2/c1-7-15(9(2)3)11-8-13(5,6)14-10(4)12(11)16(17)18/h7H,1-2,8H2,3-6H3. The maximum atomic E-state index is 11.2. The van der Waals surface area contributed by atoms with Crippen molar-refractivity contribution >= 4 is 5.71 Å². The van der Waals surface area contributed by atoms with E-state index in [9.17, 15) is 10.1 Å². The van der Waals surface area contributed by atoms with E-state index in [0.29, 0.717) is 23.5 Å². The number of allylic oxidation sites excluding steroid dienone is 2. The molecule has 18 heavy (non-hydrogen) atoms. The summed E-state index contributed by atoms with van der Waals surface area (Å²) in [4.78, 5) is 16.9. The zero-order valence-corrected chi connectivity index (χ0v) is 11.4. The molecule has 0 atom stereocenters. The van der Waals surface area contributed by atoms with Crippen LogP contribution in [0.15, 0.2) is 41.4 Å². The van der Waals surface area contributed by atoms with E-state index in [4.69, 9.17) is 0 Å². The van der Waals surface area contributed by atoms with Gasteiger partial charge in [0.15, 0.2) is 0 Å². The Morgan fingerprint density at radius 1 is 1.61 bits per heavy atom. The topological polar surface area (TPSA) is 58.7 Å². The lowest BCUT2D eigenvalue weighted by molar-refractivity contribution is -0.417. The first-order chi connectivity index (χ1) is 8.19. The van der Waals surface area contributed by atoms with Gasteiger partial charge in [0.1, 0.15) is 11.4 Å². The molecule has 1 aliphatic heterocycles. The second-order valence-electron chi connectivity index (χ2n) is 5.03. The number of aliphatic imine (C=N–C) groups is 1. The number of dihydropyridines is 1. The first-order valence-corrected chi connectivity index (χ1v) is 5.71. The molecule has 98 valence electrons. The molecule has 5 nitrogen and oxygen atoms in total. The highest BCUT2D eigenvalue weighted by molar-refractivity contribution is 5.97. The van der Waals surface area contributed by atoms with Crippen LogP contribution in [0.3, 0.4) is 0 Å². The third-order valence-electron chi connectivity index (χ3n) is 2.75. The van der Waals surface area contributed by atoms with Crippen molar-refractivity contribution < 1.29 is 4.92 Å². The Hall–Kier alpha value is -1.91. The van der Waals surface area contributed by atoms with Crippen LogP contribution in [-0.4, -0.2) is 21.1 Å². The van der Waals surface area contributed by atoms with Gasteiger partial charge in [0.2, 0.25) is 0 Å². The lowest BCUT2D eigenvalue weighted by atomic mass is 9.93. The minimum absolute atomic E-state index is 0.0530. The molecule has 0 aromatic rings. The van der Waals surface area contributed by atoms with E-state index < -0.39 is 0 Å². The van der Waals surface area contributed by atoms with Crippen molar-refractivity contribution in [1.82, 2.24) is 4.90 Å². The largest absolute Gasteiger partial charge is 0.320 e. The molecule has 0 saturated carbocycles. The van der Waals surface area contributed by atoms with Gasteiger partial charge in [0.05, 0.1) is 10.5 Å². The average Bonchev–Trinajstić information content (AvgIpc) is 2.13. The molecule has 0 unspecified atom stereocenters. The van der Waals surface area contributed by atoms with Crippen LogP contribution in [0, 0.1) is 10.1 Å². The summed E-state index contributed by atoms with van der Waals surface area (Å²) in [6, 6.07) is 0. The highest BCUT2D eigenvalue weighted by Crippen LogP contribution is 2.32. The Labute approximate surface area is 107 Å². The van der Waals surface area contributed by atoms with E-state index in [1.807, 2.05) is 13.8 Å². The van der Waals surface area contributed by atoms with Gasteiger partial charge in [-0.15, -0.1) is 0 Å². The Balaban J connectivity index is 3.43. The molecule has 0 saturated heterocycles. The van der Waals surface area contributed by atoms with Crippen LogP contribution in [-0.2, 0) is 0 Å². The van der Waals surface area contributed by atoms with Gasteiger partial charge >= 0.3 is 5.70 Å². The molecule has 5 heteroatoms. The Bertz CT molecular complexity index is 473. The molecule has 1 aliphatic rings. The number of rotatable bonds is 4. The molecule has 1 rings (SSSR count). The van der Waals surface area contributed by atoms with E-state index >= 15 is 0 Å². The smallest absolute Gasteiger partial charge is 0.309 e. The van der Waals surface area contributed by atoms with E-state index in [0.717, 1.165) is 0 Å². The number of nitrogens with zero attached hydrogens (tertiary/aromatic N) is 3. The molecule has 0 N–H and O–H groups in total. The van der Waals surface area contributed by atoms with Crippen molar-refractivity contribution in [3.05, 3.63) is 46.6 Å². The zero-order valence-electron chi connectivity index (χ0n) is 11.4. The maximum Gasteiger partial charge on any atom is 0.309 e. The highest BCUT2D eigenvalue weighted by Gasteiger charge is 2.35. The fraction of sp³-hybridized carbons (Fsp3) is 0.462. The van der Waals surface area contributed by atoms with Crippen LogP contribution in [0.2, 0.25) is 0 Å². The van der Waals surface area contributed by atoms with Gasteiger partial charge in [-0.25, -0.2) is 0 Å². The third-order valence-corrected chi connectivity index (χ3v) is 2.75. The summed E-state index contributed by atoms with van der Waals surface area (Å²) in [5.74, 6) is 0. The van der Waals surface area contributed by atoms with Crippen molar-refractivity contribution in [2.45, 2.75) is 39.7 Å². The number of nitro groups is 1. The molecule has 0 fully saturated rings. The van der Waals surface area contributed by atoms with Gasteiger partial charge in [-0.1, -0.05) is 13.2 Å². The van der Waals surface area contributed by atoms with Crippen molar-refractivity contribution in [2.24, 2.45) is 4.99 Å². The van der Waals surface area contributed by atoms with Crippen molar-refractivity contribution in [3.63, 3.8) is 0 Å². The van der Waals surface area contributed by atoms with Gasteiger partial charge in [-0.2, -0.15) is 0 Å². The number of hydrogen-bond donors (Lipinski definition) is 0. The van der Waals surface area contributed by atoms with Gasteiger partial charge in [-0.3, -0.25) is 15.1 Å². The fourth-order valence-electron chi connectivity index (χ4n) is 2.18. The lowest BCUT2D eigenvalue weighted by Gasteiger charge is -2.32. The monoisotopic (exact) mass is 249 g/mol. The van der Waals surface area contributed by atoms with Gasteiger partial charge in [0, 0.05) is 18.3 Å². The van der Waals surface area contributed by atoms with Crippen LogP contribution in [0.5, 0.6) is 0 Å². The van der Waals surface area contributed by atoms with Crippen molar-refractivity contribution in [1.29, 1.82) is 0 Å². The quantitative estimate of drug-likeness (QED) is 0.568. The molecule has 0 radical (unpaired) electrons. The molecule has 0 spiro atoms. The third kappa shape index (κ3) is 2.67. The molecule has 0 aromatic heterocycles. The summed E-state index contributed by atoms with van der Waals surface area (Å²) < 4.78 is 0. The van der Waals surface area contributed by atoms with Crippen LogP contribution < -0.4 is 0 Å². The molecule has 1 heterocycles. The molecule has 0 aromatic carbocycles. The van der Waals surface area contributed by atoms with Crippen LogP contribution >= 0.6 is 0 Å². The summed E-state index contributed by atoms with van der Waals surface area (Å²) in [5, 5.41) is 11.2. The molecule has 0 bridgehead atoms. The minimum Gasteiger partial charge on any atom is -0.320 e. The molecule has 0 amide bonds.